The van der Waals surface area contributed by atoms with Gasteiger partial charge >= 0.3 is 0 Å². The van der Waals surface area contributed by atoms with Crippen molar-refractivity contribution in [3.63, 3.8) is 0 Å². The van der Waals surface area contributed by atoms with Crippen LogP contribution in [0.1, 0.15) is 88.2 Å². The van der Waals surface area contributed by atoms with Gasteiger partial charge in [0.15, 0.2) is 0 Å². The lowest BCUT2D eigenvalue weighted by Crippen LogP contribution is -2.35. The van der Waals surface area contributed by atoms with E-state index in [1.807, 2.05) is 18.3 Å². The molecule has 0 bridgehead atoms. The third kappa shape index (κ3) is 9.18. The number of nitrogens with zero attached hydrogens (tertiary/aromatic N) is 4. The number of aromatic nitrogens is 2. The third-order valence-electron chi connectivity index (χ3n) is 10.0. The van der Waals surface area contributed by atoms with E-state index < -0.39 is 11.6 Å². The first kappa shape index (κ1) is 37.6. The number of piperidine rings is 2. The maximum Gasteiger partial charge on any atom is 0.271 e. The van der Waals surface area contributed by atoms with E-state index in [0.717, 1.165) is 88.4 Å². The predicted molar refractivity (Wildman–Crippen MR) is 202 cm³/mol. The van der Waals surface area contributed by atoms with Gasteiger partial charge in [-0.05, 0) is 79.7 Å². The second-order valence-corrected chi connectivity index (χ2v) is 14.1. The second-order valence-electron chi connectivity index (χ2n) is 13.3. The minimum absolute atomic E-state index is 0.0514. The van der Waals surface area contributed by atoms with Crippen LogP contribution in [0.5, 0.6) is 0 Å². The van der Waals surface area contributed by atoms with Gasteiger partial charge in [-0.15, -0.1) is 0 Å². The molecule has 268 valence electrons. The quantitative estimate of drug-likeness (QED) is 0.164. The van der Waals surface area contributed by atoms with Gasteiger partial charge in [0.25, 0.3) is 11.1 Å². The molecule has 4 heterocycles. The summed E-state index contributed by atoms with van der Waals surface area (Å²) in [4.78, 5) is 29.2. The van der Waals surface area contributed by atoms with E-state index in [1.165, 1.54) is 17.7 Å². The molecule has 0 unspecified atom stereocenters. The summed E-state index contributed by atoms with van der Waals surface area (Å²) >= 11 is 12.7. The van der Waals surface area contributed by atoms with E-state index in [1.54, 1.807) is 15.3 Å². The van der Waals surface area contributed by atoms with Crippen molar-refractivity contribution in [1.29, 1.82) is 0 Å². The Labute approximate surface area is 304 Å². The van der Waals surface area contributed by atoms with Gasteiger partial charge in [0.05, 0.1) is 11.4 Å². The summed E-state index contributed by atoms with van der Waals surface area (Å²) in [6, 6.07) is 18.4. The minimum Gasteiger partial charge on any atom is -0.370 e. The van der Waals surface area contributed by atoms with Crippen LogP contribution in [-0.4, -0.2) is 35.3 Å². The first-order chi connectivity index (χ1) is 24.2. The number of hydrogen-bond donors (Lipinski definition) is 0. The monoisotopic (exact) mass is 724 g/mol. The number of aryl methyl sites for hydroxylation is 2. The highest BCUT2D eigenvalue weighted by Crippen LogP contribution is 2.34. The van der Waals surface area contributed by atoms with Crippen LogP contribution in [0.3, 0.4) is 0 Å². The highest BCUT2D eigenvalue weighted by molar-refractivity contribution is 6.33. The van der Waals surface area contributed by atoms with E-state index in [2.05, 4.69) is 54.0 Å². The van der Waals surface area contributed by atoms with Crippen molar-refractivity contribution in [2.24, 2.45) is 0 Å². The van der Waals surface area contributed by atoms with Crippen LogP contribution in [0.25, 0.3) is 0 Å². The van der Waals surface area contributed by atoms with Gasteiger partial charge in [0.1, 0.15) is 21.7 Å². The van der Waals surface area contributed by atoms with E-state index >= 15 is 0 Å². The number of benzene rings is 2. The third-order valence-corrected chi connectivity index (χ3v) is 10.7. The summed E-state index contributed by atoms with van der Waals surface area (Å²) in [5.41, 5.74) is 3.38. The molecule has 2 aromatic carbocycles. The van der Waals surface area contributed by atoms with Gasteiger partial charge in [-0.1, -0.05) is 86.3 Å². The molecule has 4 aromatic rings. The summed E-state index contributed by atoms with van der Waals surface area (Å²) in [5, 5.41) is 0.613. The molecule has 0 radical (unpaired) electrons. The Kier molecular flexibility index (Phi) is 13.6. The number of hydrogen-bond acceptors (Lipinski definition) is 4. The Bertz CT molecular complexity index is 1810. The zero-order valence-corrected chi connectivity index (χ0v) is 30.6. The van der Waals surface area contributed by atoms with Crippen molar-refractivity contribution in [3.05, 3.63) is 127 Å². The lowest BCUT2D eigenvalue weighted by molar-refractivity contribution is 0.477. The molecule has 2 aliphatic heterocycles. The lowest BCUT2D eigenvalue weighted by atomic mass is 9.89. The van der Waals surface area contributed by atoms with Crippen LogP contribution in [0, 0.1) is 11.6 Å². The zero-order chi connectivity index (χ0) is 35.6. The van der Waals surface area contributed by atoms with E-state index in [9.17, 15) is 18.4 Å². The van der Waals surface area contributed by atoms with Gasteiger partial charge in [-0.3, -0.25) is 9.59 Å². The number of unbranched alkanes of at least 4 members (excludes halogenated alkanes) is 2. The molecular weight excluding hydrogens is 677 g/mol. The Hall–Kier alpha value is -3.62. The fourth-order valence-corrected chi connectivity index (χ4v) is 7.60. The summed E-state index contributed by atoms with van der Waals surface area (Å²) in [7, 11) is 0. The summed E-state index contributed by atoms with van der Waals surface area (Å²) in [6.07, 6.45) is 11.4. The Morgan fingerprint density at radius 2 is 1.14 bits per heavy atom. The molecule has 0 atom stereocenters. The Morgan fingerprint density at radius 3 is 1.60 bits per heavy atom. The van der Waals surface area contributed by atoms with Gasteiger partial charge in [-0.2, -0.15) is 0 Å². The summed E-state index contributed by atoms with van der Waals surface area (Å²) in [5.74, 6) is -0.388. The van der Waals surface area contributed by atoms with Gasteiger partial charge < -0.3 is 18.9 Å². The summed E-state index contributed by atoms with van der Waals surface area (Å²) in [6.45, 7) is 8.86. The van der Waals surface area contributed by atoms with E-state index in [-0.39, 0.29) is 22.1 Å². The van der Waals surface area contributed by atoms with Crippen LogP contribution in [0.15, 0.2) is 82.6 Å². The number of anilines is 2. The number of pyridine rings is 2. The predicted octanol–water partition coefficient (Wildman–Crippen LogP) is 9.65. The van der Waals surface area contributed by atoms with E-state index in [4.69, 9.17) is 23.2 Å². The summed E-state index contributed by atoms with van der Waals surface area (Å²) < 4.78 is 30.5. The molecule has 0 spiro atoms. The van der Waals surface area contributed by atoms with Crippen molar-refractivity contribution in [1.82, 2.24) is 9.13 Å². The first-order valence-corrected chi connectivity index (χ1v) is 18.7. The van der Waals surface area contributed by atoms with Crippen LogP contribution in [-0.2, 0) is 13.1 Å². The normalized spacial score (nSPS) is 15.6. The molecular formula is C40H48Cl2F2N4O2. The largest absolute Gasteiger partial charge is 0.370 e. The van der Waals surface area contributed by atoms with Gasteiger partial charge in [0, 0.05) is 57.7 Å². The molecule has 6 rings (SSSR count). The molecule has 0 aliphatic carbocycles. The number of rotatable bonds is 10. The minimum atomic E-state index is -0.556. The van der Waals surface area contributed by atoms with Gasteiger partial charge in [-0.25, -0.2) is 8.78 Å². The number of halogens is 4. The highest BCUT2D eigenvalue weighted by Gasteiger charge is 2.26. The van der Waals surface area contributed by atoms with Crippen LogP contribution < -0.4 is 20.9 Å². The van der Waals surface area contributed by atoms with Crippen molar-refractivity contribution in [3.8, 4) is 0 Å². The molecule has 50 heavy (non-hydrogen) atoms. The van der Waals surface area contributed by atoms with Crippen LogP contribution in [0.2, 0.25) is 10.0 Å². The van der Waals surface area contributed by atoms with Crippen LogP contribution in [0.4, 0.5) is 20.2 Å². The topological polar surface area (TPSA) is 50.5 Å². The lowest BCUT2D eigenvalue weighted by Gasteiger charge is -2.34. The molecule has 0 amide bonds. The standard InChI is InChI=1S/C20H23ClF2N2O.C20H25ClN2O/c1-2-3-9-25-12-8-18(19(21)20(25)26)24-10-6-14(7-11-24)16-5-4-15(22)13-17(16)23;1-2-3-12-23-15-11-18(19(21)20(23)24)22-13-9-17(10-14-22)16-7-5-4-6-8-16/h4-5,8,12-14H,2-3,6-7,9-11H2,1H3;4-8,11,15,17H,2-3,9-10,12-14H2,1H3. The average molecular weight is 726 g/mol. The molecule has 2 aromatic heterocycles. The smallest absolute Gasteiger partial charge is 0.271 e. The zero-order valence-electron chi connectivity index (χ0n) is 29.1. The van der Waals surface area contributed by atoms with E-state index in [0.29, 0.717) is 36.1 Å². The van der Waals surface area contributed by atoms with Crippen molar-refractivity contribution in [2.45, 2.75) is 90.1 Å². The maximum absolute atomic E-state index is 14.0. The maximum atomic E-state index is 14.0. The van der Waals surface area contributed by atoms with Gasteiger partial charge in [0.2, 0.25) is 0 Å². The Morgan fingerprint density at radius 1 is 0.660 bits per heavy atom. The highest BCUT2D eigenvalue weighted by atomic mass is 35.5. The van der Waals surface area contributed by atoms with Crippen molar-refractivity contribution < 1.29 is 8.78 Å². The molecule has 2 fully saturated rings. The fraction of sp³-hybridized carbons (Fsp3) is 0.450. The van der Waals surface area contributed by atoms with Crippen molar-refractivity contribution in [2.75, 3.05) is 36.0 Å². The Balaban J connectivity index is 0.000000195. The average Bonchev–Trinajstić information content (AvgIpc) is 3.14. The molecule has 10 heteroatoms. The SMILES string of the molecule is CCCCn1ccc(N2CCC(c3ccc(F)cc3F)CC2)c(Cl)c1=O.CCCCn1ccc(N2CCC(c3ccccc3)CC2)c(Cl)c1=O. The molecule has 2 saturated heterocycles. The van der Waals surface area contributed by atoms with Crippen LogP contribution >= 0.6 is 23.2 Å². The first-order valence-electron chi connectivity index (χ1n) is 18.0. The molecule has 0 N–H and O–H groups in total. The second kappa shape index (κ2) is 18.0. The molecule has 2 aliphatic rings. The molecule has 6 nitrogen and oxygen atoms in total. The molecule has 0 saturated carbocycles. The van der Waals surface area contributed by atoms with Crippen molar-refractivity contribution >= 4 is 34.6 Å². The fourth-order valence-electron chi connectivity index (χ4n) is 7.01.